The van der Waals surface area contributed by atoms with Gasteiger partial charge in [-0.15, -0.1) is 0 Å². The maximum Gasteiger partial charge on any atom is 0.170 e. The molecule has 2 atom stereocenters. The summed E-state index contributed by atoms with van der Waals surface area (Å²) in [7, 11) is 0. The number of hydrogen-bond donors (Lipinski definition) is 1. The Kier molecular flexibility index (Phi) is 4.84. The number of aryl methyl sites for hydroxylation is 1. The van der Waals surface area contributed by atoms with Crippen LogP contribution in [0, 0.1) is 6.92 Å². The van der Waals surface area contributed by atoms with E-state index in [-0.39, 0.29) is 12.1 Å². The Morgan fingerprint density at radius 3 is 2.55 bits per heavy atom. The number of nitrogens with one attached hydrogen (secondary N) is 1. The molecule has 2 fully saturated rings. The van der Waals surface area contributed by atoms with E-state index < -0.39 is 0 Å². The maximum absolute atomic E-state index is 5.87. The maximum atomic E-state index is 5.87. The summed E-state index contributed by atoms with van der Waals surface area (Å²) in [5, 5.41) is 4.47. The number of rotatable bonds is 4. The van der Waals surface area contributed by atoms with Gasteiger partial charge >= 0.3 is 0 Å². The van der Waals surface area contributed by atoms with E-state index in [1.165, 1.54) is 42.6 Å². The van der Waals surface area contributed by atoms with Crippen LogP contribution in [0.4, 0.5) is 0 Å². The summed E-state index contributed by atoms with van der Waals surface area (Å²) in [5.41, 5.74) is 4.78. The van der Waals surface area contributed by atoms with Crippen molar-refractivity contribution in [2.75, 3.05) is 0 Å². The minimum atomic E-state index is 0.0435. The molecule has 0 amide bonds. The Labute approximate surface area is 177 Å². The zero-order valence-electron chi connectivity index (χ0n) is 16.7. The van der Waals surface area contributed by atoms with Crippen molar-refractivity contribution in [3.63, 3.8) is 0 Å². The lowest BCUT2D eigenvalue weighted by Gasteiger charge is -2.33. The summed E-state index contributed by atoms with van der Waals surface area (Å²) in [6.07, 6.45) is 9.01. The largest absolute Gasteiger partial charge is 0.352 e. The zero-order valence-corrected chi connectivity index (χ0v) is 17.5. The van der Waals surface area contributed by atoms with Crippen molar-refractivity contribution in [3.05, 3.63) is 83.9 Å². The SMILES string of the molecule is Cc1ccccc1-n1cccc1[C@H]1[C@@H](c2ccccn2)NC(=S)N1C1CCCC1. The third kappa shape index (κ3) is 3.23. The van der Waals surface area contributed by atoms with Gasteiger partial charge in [0.25, 0.3) is 0 Å². The fraction of sp³-hybridized carbons (Fsp3) is 0.333. The number of thiocarbonyl (C=S) groups is 1. The standard InChI is InChI=1S/C24H26N4S/c1-17-9-2-5-13-20(17)27-16-8-14-21(27)23-22(19-12-6-7-15-25-19)26-24(29)28(23)18-10-3-4-11-18/h2,5-9,12-16,18,22-23H,3-4,10-11H2,1H3,(H,26,29)/t22-,23+/m1/s1. The highest BCUT2D eigenvalue weighted by Gasteiger charge is 2.44. The lowest BCUT2D eigenvalue weighted by Crippen LogP contribution is -2.38. The Hall–Kier alpha value is -2.66. The van der Waals surface area contributed by atoms with Crippen LogP contribution < -0.4 is 5.32 Å². The van der Waals surface area contributed by atoms with Gasteiger partial charge in [-0.25, -0.2) is 0 Å². The van der Waals surface area contributed by atoms with E-state index >= 15 is 0 Å². The molecule has 1 N–H and O–H groups in total. The van der Waals surface area contributed by atoms with Gasteiger partial charge in [0.05, 0.1) is 17.8 Å². The number of pyridine rings is 1. The molecule has 4 nitrogen and oxygen atoms in total. The Balaban J connectivity index is 1.64. The third-order valence-corrected chi connectivity index (χ3v) is 6.64. The molecule has 2 aromatic heterocycles. The van der Waals surface area contributed by atoms with Crippen LogP contribution >= 0.6 is 12.2 Å². The van der Waals surface area contributed by atoms with E-state index in [0.717, 1.165) is 10.8 Å². The first-order valence-corrected chi connectivity index (χ1v) is 10.9. The van der Waals surface area contributed by atoms with Crippen molar-refractivity contribution in [3.8, 4) is 5.69 Å². The zero-order chi connectivity index (χ0) is 19.8. The highest BCUT2D eigenvalue weighted by atomic mass is 32.1. The molecule has 0 spiro atoms. The molecule has 1 saturated heterocycles. The fourth-order valence-electron chi connectivity index (χ4n) is 4.95. The average molecular weight is 403 g/mol. The van der Waals surface area contributed by atoms with Crippen LogP contribution in [0.25, 0.3) is 5.69 Å². The van der Waals surface area contributed by atoms with E-state index in [0.29, 0.717) is 6.04 Å². The van der Waals surface area contributed by atoms with E-state index in [1.807, 2.05) is 12.3 Å². The van der Waals surface area contributed by atoms with Crippen LogP contribution in [0.1, 0.15) is 54.7 Å². The summed E-state index contributed by atoms with van der Waals surface area (Å²) in [4.78, 5) is 7.14. The summed E-state index contributed by atoms with van der Waals surface area (Å²) in [5.74, 6) is 0. The van der Waals surface area contributed by atoms with Gasteiger partial charge < -0.3 is 14.8 Å². The molecule has 0 unspecified atom stereocenters. The molecular weight excluding hydrogens is 376 g/mol. The lowest BCUT2D eigenvalue weighted by molar-refractivity contribution is 0.239. The molecule has 5 heteroatoms. The normalized spacial score (nSPS) is 22.2. The van der Waals surface area contributed by atoms with E-state index in [2.05, 4.69) is 81.4 Å². The molecule has 0 bridgehead atoms. The van der Waals surface area contributed by atoms with Gasteiger partial charge in [0.1, 0.15) is 0 Å². The molecular formula is C24H26N4S. The number of benzene rings is 1. The molecule has 3 heterocycles. The van der Waals surface area contributed by atoms with Gasteiger partial charge in [0.15, 0.2) is 5.11 Å². The van der Waals surface area contributed by atoms with Crippen LogP contribution in [-0.4, -0.2) is 25.6 Å². The highest BCUT2D eigenvalue weighted by Crippen LogP contribution is 2.43. The van der Waals surface area contributed by atoms with Crippen molar-refractivity contribution in [2.45, 2.75) is 50.7 Å². The van der Waals surface area contributed by atoms with Crippen molar-refractivity contribution >= 4 is 17.3 Å². The number of aromatic nitrogens is 2. The van der Waals surface area contributed by atoms with E-state index in [9.17, 15) is 0 Å². The van der Waals surface area contributed by atoms with Gasteiger partial charge in [0.2, 0.25) is 0 Å². The Morgan fingerprint density at radius 1 is 1.00 bits per heavy atom. The molecule has 148 valence electrons. The first kappa shape index (κ1) is 18.4. The molecule has 0 radical (unpaired) electrons. The van der Waals surface area contributed by atoms with E-state index in [1.54, 1.807) is 0 Å². The average Bonchev–Trinajstić information content (AvgIpc) is 3.48. The van der Waals surface area contributed by atoms with Crippen molar-refractivity contribution in [2.24, 2.45) is 0 Å². The van der Waals surface area contributed by atoms with Crippen molar-refractivity contribution in [1.29, 1.82) is 0 Å². The van der Waals surface area contributed by atoms with Crippen LogP contribution in [0.5, 0.6) is 0 Å². The molecule has 29 heavy (non-hydrogen) atoms. The van der Waals surface area contributed by atoms with E-state index in [4.69, 9.17) is 12.2 Å². The predicted octanol–water partition coefficient (Wildman–Crippen LogP) is 5.10. The van der Waals surface area contributed by atoms with Gasteiger partial charge in [-0.1, -0.05) is 37.1 Å². The molecule has 3 aromatic rings. The second-order valence-electron chi connectivity index (χ2n) is 8.06. The summed E-state index contributed by atoms with van der Waals surface area (Å²) in [6, 6.07) is 19.7. The second kappa shape index (κ2) is 7.64. The van der Waals surface area contributed by atoms with Crippen molar-refractivity contribution < 1.29 is 0 Å². The monoisotopic (exact) mass is 402 g/mol. The van der Waals surface area contributed by atoms with Crippen molar-refractivity contribution in [1.82, 2.24) is 19.8 Å². The van der Waals surface area contributed by atoms with Gasteiger partial charge in [-0.05, 0) is 67.9 Å². The molecule has 1 aliphatic carbocycles. The van der Waals surface area contributed by atoms with Gasteiger partial charge in [-0.3, -0.25) is 4.98 Å². The van der Waals surface area contributed by atoms with Crippen LogP contribution in [-0.2, 0) is 0 Å². The first-order valence-electron chi connectivity index (χ1n) is 10.5. The van der Waals surface area contributed by atoms with Crippen LogP contribution in [0.2, 0.25) is 0 Å². The fourth-order valence-corrected chi connectivity index (χ4v) is 5.34. The second-order valence-corrected chi connectivity index (χ2v) is 8.45. The molecule has 1 aliphatic heterocycles. The summed E-state index contributed by atoms with van der Waals surface area (Å²) < 4.78 is 2.33. The third-order valence-electron chi connectivity index (χ3n) is 6.31. The van der Waals surface area contributed by atoms with Crippen LogP contribution in [0.3, 0.4) is 0 Å². The number of para-hydroxylation sites is 1. The molecule has 1 aromatic carbocycles. The lowest BCUT2D eigenvalue weighted by atomic mass is 9.99. The highest BCUT2D eigenvalue weighted by molar-refractivity contribution is 7.80. The predicted molar refractivity (Wildman–Crippen MR) is 120 cm³/mol. The molecule has 5 rings (SSSR count). The van der Waals surface area contributed by atoms with Gasteiger partial charge in [-0.2, -0.15) is 0 Å². The number of nitrogens with zero attached hydrogens (tertiary/aromatic N) is 3. The molecule has 2 aliphatic rings. The minimum Gasteiger partial charge on any atom is -0.352 e. The smallest absolute Gasteiger partial charge is 0.170 e. The first-order chi connectivity index (χ1) is 14.2. The minimum absolute atomic E-state index is 0.0435. The topological polar surface area (TPSA) is 33.1 Å². The van der Waals surface area contributed by atoms with Gasteiger partial charge in [0, 0.05) is 29.8 Å². The Bertz CT molecular complexity index is 1010. The number of hydrogen-bond acceptors (Lipinski definition) is 2. The van der Waals surface area contributed by atoms with Crippen LogP contribution in [0.15, 0.2) is 67.0 Å². The summed E-state index contributed by atoms with van der Waals surface area (Å²) >= 11 is 5.87. The Morgan fingerprint density at radius 2 is 1.79 bits per heavy atom. The quantitative estimate of drug-likeness (QED) is 0.616. The summed E-state index contributed by atoms with van der Waals surface area (Å²) in [6.45, 7) is 2.17. The molecule has 1 saturated carbocycles.